The molecule has 0 radical (unpaired) electrons. The molecule has 1 heterocycles. The lowest BCUT2D eigenvalue weighted by Crippen LogP contribution is -2.35. The van der Waals surface area contributed by atoms with Crippen LogP contribution >= 0.6 is 0 Å². The number of carbonyl (C=O) groups excluding carboxylic acids is 1. The van der Waals surface area contributed by atoms with Crippen LogP contribution in [-0.2, 0) is 0 Å². The molecule has 0 spiro atoms. The van der Waals surface area contributed by atoms with Crippen molar-refractivity contribution in [3.05, 3.63) is 30.1 Å². The largest absolute Gasteiger partial charge is 0.489 e. The number of hydrogen-bond donors (Lipinski definition) is 1. The van der Waals surface area contributed by atoms with Crippen LogP contribution in [0.2, 0.25) is 0 Å². The maximum atomic E-state index is 12.6. The molecule has 0 bridgehead atoms. The average Bonchev–Trinajstić information content (AvgIpc) is 2.70. The van der Waals surface area contributed by atoms with E-state index in [1.54, 1.807) is 12.1 Å². The third kappa shape index (κ3) is 2.42. The molecule has 0 aliphatic carbocycles. The van der Waals surface area contributed by atoms with E-state index < -0.39 is 6.03 Å². The quantitative estimate of drug-likeness (QED) is 0.824. The highest BCUT2D eigenvalue weighted by Crippen LogP contribution is 2.18. The van der Waals surface area contributed by atoms with E-state index in [0.29, 0.717) is 18.8 Å². The summed E-state index contributed by atoms with van der Waals surface area (Å²) in [7, 11) is 0. The Kier molecular flexibility index (Phi) is 2.94. The second-order valence-corrected chi connectivity index (χ2v) is 3.77. The van der Waals surface area contributed by atoms with Gasteiger partial charge in [-0.3, -0.25) is 0 Å². The summed E-state index contributed by atoms with van der Waals surface area (Å²) in [5.74, 6) is 0.315. The fourth-order valence-corrected chi connectivity index (χ4v) is 1.73. The number of hydrogen-bond acceptors (Lipinski definition) is 2. The smallest absolute Gasteiger partial charge is 0.314 e. The summed E-state index contributed by atoms with van der Waals surface area (Å²) in [6.45, 7) is 1.11. The molecule has 5 heteroatoms. The van der Waals surface area contributed by atoms with Gasteiger partial charge in [-0.1, -0.05) is 0 Å². The normalized spacial score (nSPS) is 19.8. The van der Waals surface area contributed by atoms with Gasteiger partial charge in [-0.05, 0) is 24.3 Å². The first-order chi connectivity index (χ1) is 7.65. The van der Waals surface area contributed by atoms with E-state index in [0.717, 1.165) is 6.42 Å². The number of nitrogens with zero attached hydrogens (tertiary/aromatic N) is 1. The summed E-state index contributed by atoms with van der Waals surface area (Å²) in [6.07, 6.45) is 0.693. The molecule has 1 aromatic carbocycles. The van der Waals surface area contributed by atoms with Crippen molar-refractivity contribution in [2.45, 2.75) is 12.5 Å². The highest BCUT2D eigenvalue weighted by Gasteiger charge is 2.25. The van der Waals surface area contributed by atoms with Gasteiger partial charge in [0.25, 0.3) is 0 Å². The zero-order chi connectivity index (χ0) is 11.5. The van der Waals surface area contributed by atoms with Crippen molar-refractivity contribution in [3.8, 4) is 5.75 Å². The van der Waals surface area contributed by atoms with Gasteiger partial charge in [0.1, 0.15) is 17.7 Å². The molecule has 1 aromatic rings. The Morgan fingerprint density at radius 2 is 2.12 bits per heavy atom. The zero-order valence-electron chi connectivity index (χ0n) is 8.73. The van der Waals surface area contributed by atoms with Crippen LogP contribution < -0.4 is 10.5 Å². The van der Waals surface area contributed by atoms with Crippen LogP contribution in [0.25, 0.3) is 0 Å². The minimum atomic E-state index is -0.426. The molecular formula is C11H13FN2O2. The minimum Gasteiger partial charge on any atom is -0.489 e. The lowest BCUT2D eigenvalue weighted by Gasteiger charge is -2.14. The molecule has 1 unspecified atom stereocenters. The Balaban J connectivity index is 1.92. The molecular weight excluding hydrogens is 211 g/mol. The van der Waals surface area contributed by atoms with Gasteiger partial charge in [0, 0.05) is 13.0 Å². The van der Waals surface area contributed by atoms with Crippen molar-refractivity contribution < 1.29 is 13.9 Å². The van der Waals surface area contributed by atoms with E-state index >= 15 is 0 Å². The number of benzene rings is 1. The number of primary amides is 1. The van der Waals surface area contributed by atoms with Crippen LogP contribution in [0.3, 0.4) is 0 Å². The number of rotatable bonds is 2. The summed E-state index contributed by atoms with van der Waals surface area (Å²) in [5.41, 5.74) is 5.16. The first-order valence-electron chi connectivity index (χ1n) is 5.12. The fraction of sp³-hybridized carbons (Fsp3) is 0.364. The monoisotopic (exact) mass is 224 g/mol. The molecule has 16 heavy (non-hydrogen) atoms. The summed E-state index contributed by atoms with van der Waals surface area (Å²) in [4.78, 5) is 12.4. The first-order valence-corrected chi connectivity index (χ1v) is 5.12. The number of likely N-dealkylation sites (tertiary alicyclic amines) is 1. The Bertz CT molecular complexity index is 380. The third-order valence-corrected chi connectivity index (χ3v) is 2.57. The number of halogens is 1. The van der Waals surface area contributed by atoms with Crippen LogP contribution in [0.4, 0.5) is 9.18 Å². The van der Waals surface area contributed by atoms with Crippen LogP contribution in [0, 0.1) is 5.82 Å². The number of urea groups is 1. The Morgan fingerprint density at radius 1 is 1.44 bits per heavy atom. The van der Waals surface area contributed by atoms with Gasteiger partial charge in [-0.2, -0.15) is 0 Å². The van der Waals surface area contributed by atoms with Crippen molar-refractivity contribution in [2.75, 3.05) is 13.1 Å². The number of carbonyl (C=O) groups is 1. The summed E-state index contributed by atoms with van der Waals surface area (Å²) in [6, 6.07) is 5.40. The second-order valence-electron chi connectivity index (χ2n) is 3.77. The van der Waals surface area contributed by atoms with E-state index in [2.05, 4.69) is 0 Å². The van der Waals surface area contributed by atoms with Crippen LogP contribution in [-0.4, -0.2) is 30.1 Å². The molecule has 4 nitrogen and oxygen atoms in total. The lowest BCUT2D eigenvalue weighted by molar-refractivity contribution is 0.192. The molecule has 1 aliphatic rings. The van der Waals surface area contributed by atoms with Crippen molar-refractivity contribution in [2.24, 2.45) is 5.73 Å². The highest BCUT2D eigenvalue weighted by atomic mass is 19.1. The van der Waals surface area contributed by atoms with E-state index in [4.69, 9.17) is 10.5 Å². The second kappa shape index (κ2) is 4.38. The van der Waals surface area contributed by atoms with E-state index in [-0.39, 0.29) is 11.9 Å². The standard InChI is InChI=1S/C11H13FN2O2/c12-8-1-3-9(4-2-8)16-10-5-6-14(7-10)11(13)15/h1-4,10H,5-7H2,(H2,13,15). The predicted octanol–water partition coefficient (Wildman–Crippen LogP) is 1.36. The van der Waals surface area contributed by atoms with E-state index in [1.807, 2.05) is 0 Å². The molecule has 86 valence electrons. The molecule has 1 fully saturated rings. The van der Waals surface area contributed by atoms with Gasteiger partial charge < -0.3 is 15.4 Å². The molecule has 2 amide bonds. The Labute approximate surface area is 92.8 Å². The van der Waals surface area contributed by atoms with E-state index in [9.17, 15) is 9.18 Å². The van der Waals surface area contributed by atoms with Gasteiger partial charge in [-0.25, -0.2) is 9.18 Å². The van der Waals surface area contributed by atoms with Crippen LogP contribution in [0.1, 0.15) is 6.42 Å². The first kappa shape index (κ1) is 10.7. The maximum absolute atomic E-state index is 12.6. The van der Waals surface area contributed by atoms with Crippen molar-refractivity contribution >= 4 is 6.03 Å². The fourth-order valence-electron chi connectivity index (χ4n) is 1.73. The number of nitrogens with two attached hydrogens (primary N) is 1. The van der Waals surface area contributed by atoms with Gasteiger partial charge in [0.15, 0.2) is 0 Å². The highest BCUT2D eigenvalue weighted by molar-refractivity contribution is 5.72. The van der Waals surface area contributed by atoms with Gasteiger partial charge in [0.2, 0.25) is 0 Å². The van der Waals surface area contributed by atoms with E-state index in [1.165, 1.54) is 17.0 Å². The van der Waals surface area contributed by atoms with Crippen molar-refractivity contribution in [3.63, 3.8) is 0 Å². The molecule has 2 N–H and O–H groups in total. The Morgan fingerprint density at radius 3 is 2.69 bits per heavy atom. The summed E-state index contributed by atoms with van der Waals surface area (Å²) < 4.78 is 18.2. The van der Waals surface area contributed by atoms with Crippen LogP contribution in [0.15, 0.2) is 24.3 Å². The molecule has 1 atom stereocenters. The molecule has 0 saturated carbocycles. The lowest BCUT2D eigenvalue weighted by atomic mass is 10.3. The van der Waals surface area contributed by atoms with Gasteiger partial charge in [-0.15, -0.1) is 0 Å². The molecule has 1 saturated heterocycles. The molecule has 2 rings (SSSR count). The SMILES string of the molecule is NC(=O)N1CCC(Oc2ccc(F)cc2)C1. The zero-order valence-corrected chi connectivity index (χ0v) is 8.73. The minimum absolute atomic E-state index is 0.0574. The Hall–Kier alpha value is -1.78. The summed E-state index contributed by atoms with van der Waals surface area (Å²) >= 11 is 0. The molecule has 1 aliphatic heterocycles. The van der Waals surface area contributed by atoms with Crippen molar-refractivity contribution in [1.29, 1.82) is 0 Å². The predicted molar refractivity (Wildman–Crippen MR) is 56.6 cm³/mol. The third-order valence-electron chi connectivity index (χ3n) is 2.57. The maximum Gasteiger partial charge on any atom is 0.314 e. The van der Waals surface area contributed by atoms with Crippen molar-refractivity contribution in [1.82, 2.24) is 4.90 Å². The number of ether oxygens (including phenoxy) is 1. The summed E-state index contributed by atoms with van der Waals surface area (Å²) in [5, 5.41) is 0. The van der Waals surface area contributed by atoms with Gasteiger partial charge in [0.05, 0.1) is 6.54 Å². The number of amides is 2. The molecule has 0 aromatic heterocycles. The van der Waals surface area contributed by atoms with Crippen LogP contribution in [0.5, 0.6) is 5.75 Å². The van der Waals surface area contributed by atoms with Gasteiger partial charge >= 0.3 is 6.03 Å². The topological polar surface area (TPSA) is 55.6 Å². The average molecular weight is 224 g/mol.